The number of nitrogens with zero attached hydrogens (tertiary/aromatic N) is 2. The summed E-state index contributed by atoms with van der Waals surface area (Å²) in [5, 5.41) is 10.4. The third kappa shape index (κ3) is 1.57. The van der Waals surface area contributed by atoms with Crippen molar-refractivity contribution in [2.24, 2.45) is 5.92 Å². The number of fused-ring (bicyclic) bond motifs is 1. The molecule has 2 fully saturated rings. The molecule has 5 heteroatoms. The highest BCUT2D eigenvalue weighted by molar-refractivity contribution is 5.96. The third-order valence-corrected chi connectivity index (χ3v) is 4.05. The van der Waals surface area contributed by atoms with Crippen molar-refractivity contribution < 1.29 is 4.79 Å². The Morgan fingerprint density at radius 3 is 2.94 bits per heavy atom. The van der Waals surface area contributed by atoms with E-state index in [4.69, 9.17) is 0 Å². The summed E-state index contributed by atoms with van der Waals surface area (Å²) in [4.78, 5) is 14.6. The number of hydrogen-bond donors (Lipinski definition) is 2. The Morgan fingerprint density at radius 2 is 2.24 bits per heavy atom. The Kier molecular flexibility index (Phi) is 2.43. The summed E-state index contributed by atoms with van der Waals surface area (Å²) in [5.74, 6) is 0.788. The van der Waals surface area contributed by atoms with Crippen molar-refractivity contribution in [3.8, 4) is 0 Å². The first kappa shape index (κ1) is 10.8. The van der Waals surface area contributed by atoms with Gasteiger partial charge in [-0.15, -0.1) is 0 Å². The summed E-state index contributed by atoms with van der Waals surface area (Å²) in [7, 11) is 0. The van der Waals surface area contributed by atoms with Gasteiger partial charge in [0.1, 0.15) is 0 Å². The lowest BCUT2D eigenvalue weighted by Crippen LogP contribution is -2.39. The van der Waals surface area contributed by atoms with Gasteiger partial charge in [-0.3, -0.25) is 9.89 Å². The number of hydrogen-bond acceptors (Lipinski definition) is 3. The van der Waals surface area contributed by atoms with Gasteiger partial charge in [-0.05, 0) is 26.2 Å². The molecule has 3 heterocycles. The van der Waals surface area contributed by atoms with E-state index < -0.39 is 0 Å². The minimum absolute atomic E-state index is 0.143. The summed E-state index contributed by atoms with van der Waals surface area (Å²) in [5.41, 5.74) is 2.45. The zero-order valence-corrected chi connectivity index (χ0v) is 10.3. The van der Waals surface area contributed by atoms with Crippen LogP contribution in [0.5, 0.6) is 0 Å². The van der Waals surface area contributed by atoms with Gasteiger partial charge in [0.05, 0.1) is 11.3 Å². The fourth-order valence-corrected chi connectivity index (χ4v) is 3.11. The largest absolute Gasteiger partial charge is 0.334 e. The van der Waals surface area contributed by atoms with Crippen LogP contribution in [0.25, 0.3) is 0 Å². The molecule has 1 aromatic rings. The molecular formula is C12H18N4O. The Hall–Kier alpha value is -1.36. The van der Waals surface area contributed by atoms with Gasteiger partial charge in [-0.1, -0.05) is 0 Å². The molecule has 5 nitrogen and oxygen atoms in total. The normalized spacial score (nSPS) is 27.5. The van der Waals surface area contributed by atoms with Crippen molar-refractivity contribution in [1.82, 2.24) is 20.4 Å². The molecule has 17 heavy (non-hydrogen) atoms. The quantitative estimate of drug-likeness (QED) is 0.742. The van der Waals surface area contributed by atoms with Crippen molar-refractivity contribution in [3.63, 3.8) is 0 Å². The zero-order valence-electron chi connectivity index (χ0n) is 10.3. The summed E-state index contributed by atoms with van der Waals surface area (Å²) < 4.78 is 0. The third-order valence-electron chi connectivity index (χ3n) is 4.05. The molecule has 0 aliphatic carbocycles. The van der Waals surface area contributed by atoms with Crippen LogP contribution >= 0.6 is 0 Å². The van der Waals surface area contributed by atoms with Crippen molar-refractivity contribution in [1.29, 1.82) is 0 Å². The van der Waals surface area contributed by atoms with Gasteiger partial charge < -0.3 is 10.2 Å². The van der Waals surface area contributed by atoms with Crippen molar-refractivity contribution >= 4 is 5.91 Å². The molecule has 0 spiro atoms. The summed E-state index contributed by atoms with van der Waals surface area (Å²) in [6.07, 6.45) is 1.12. The first-order valence-electron chi connectivity index (χ1n) is 6.21. The van der Waals surface area contributed by atoms with Gasteiger partial charge in [-0.2, -0.15) is 5.10 Å². The number of aryl methyl sites for hydroxylation is 2. The maximum Gasteiger partial charge on any atom is 0.257 e. The van der Waals surface area contributed by atoms with Gasteiger partial charge in [0.25, 0.3) is 5.91 Å². The number of aromatic nitrogens is 2. The Bertz CT molecular complexity index is 434. The number of rotatable bonds is 1. The van der Waals surface area contributed by atoms with E-state index >= 15 is 0 Å². The molecule has 2 N–H and O–H groups in total. The molecule has 92 valence electrons. The average molecular weight is 234 g/mol. The molecule has 1 amide bonds. The molecule has 2 atom stereocenters. The number of aromatic amines is 1. The predicted molar refractivity (Wildman–Crippen MR) is 63.9 cm³/mol. The first-order valence-corrected chi connectivity index (χ1v) is 6.21. The van der Waals surface area contributed by atoms with E-state index in [-0.39, 0.29) is 5.91 Å². The highest BCUT2D eigenvalue weighted by atomic mass is 16.2. The van der Waals surface area contributed by atoms with E-state index in [2.05, 4.69) is 15.5 Å². The fourth-order valence-electron chi connectivity index (χ4n) is 3.11. The maximum absolute atomic E-state index is 12.5. The molecule has 0 aromatic carbocycles. The van der Waals surface area contributed by atoms with Crippen LogP contribution in [-0.2, 0) is 0 Å². The molecule has 2 aliphatic heterocycles. The van der Waals surface area contributed by atoms with Gasteiger partial charge in [0.15, 0.2) is 0 Å². The highest BCUT2D eigenvalue weighted by Crippen LogP contribution is 2.29. The van der Waals surface area contributed by atoms with Crippen LogP contribution in [-0.4, -0.2) is 46.7 Å². The van der Waals surface area contributed by atoms with E-state index in [0.29, 0.717) is 12.0 Å². The molecule has 0 radical (unpaired) electrons. The maximum atomic E-state index is 12.5. The van der Waals surface area contributed by atoms with Crippen LogP contribution in [0, 0.1) is 19.8 Å². The molecule has 2 saturated heterocycles. The molecule has 0 saturated carbocycles. The second-order valence-corrected chi connectivity index (χ2v) is 5.08. The summed E-state index contributed by atoms with van der Waals surface area (Å²) in [6, 6.07) is 0.385. The van der Waals surface area contributed by atoms with E-state index in [1.165, 1.54) is 0 Å². The van der Waals surface area contributed by atoms with Gasteiger partial charge in [-0.25, -0.2) is 0 Å². The molecule has 2 aliphatic rings. The van der Waals surface area contributed by atoms with Crippen LogP contribution in [0.3, 0.4) is 0 Å². The van der Waals surface area contributed by atoms with Crippen molar-refractivity contribution in [3.05, 3.63) is 17.0 Å². The van der Waals surface area contributed by atoms with Crippen molar-refractivity contribution in [2.75, 3.05) is 19.6 Å². The van der Waals surface area contributed by atoms with Gasteiger partial charge in [0.2, 0.25) is 0 Å². The fraction of sp³-hybridized carbons (Fsp3) is 0.667. The lowest BCUT2D eigenvalue weighted by atomic mass is 10.0. The number of likely N-dealkylation sites (tertiary alicyclic amines) is 1. The standard InChI is InChI=1S/C12H18N4O/c1-7-11(8(2)15-14-7)12(17)16-4-3-9-5-13-6-10(9)16/h9-10,13H,3-6H2,1-2H3,(H,14,15)/t9-,10+/m1/s1. The second-order valence-electron chi connectivity index (χ2n) is 5.08. The Labute approximate surface area is 101 Å². The Morgan fingerprint density at radius 1 is 1.41 bits per heavy atom. The van der Waals surface area contributed by atoms with Crippen LogP contribution in [0.15, 0.2) is 0 Å². The Balaban J connectivity index is 1.88. The number of nitrogens with one attached hydrogen (secondary N) is 2. The summed E-state index contributed by atoms with van der Waals surface area (Å²) >= 11 is 0. The van der Waals surface area contributed by atoms with Gasteiger partial charge in [0, 0.05) is 31.4 Å². The van der Waals surface area contributed by atoms with E-state index in [1.807, 2.05) is 18.7 Å². The minimum atomic E-state index is 0.143. The predicted octanol–water partition coefficient (Wildman–Crippen LogP) is 0.460. The smallest absolute Gasteiger partial charge is 0.257 e. The number of carbonyl (C=O) groups excluding carboxylic acids is 1. The highest BCUT2D eigenvalue weighted by Gasteiger charge is 2.40. The van der Waals surface area contributed by atoms with E-state index in [9.17, 15) is 4.79 Å². The van der Waals surface area contributed by atoms with Crippen LogP contribution in [0.4, 0.5) is 0 Å². The zero-order chi connectivity index (χ0) is 12.0. The first-order chi connectivity index (χ1) is 8.18. The molecule has 3 rings (SSSR count). The lowest BCUT2D eigenvalue weighted by molar-refractivity contribution is 0.0735. The number of amides is 1. The number of H-pyrrole nitrogens is 1. The molecule has 0 unspecified atom stereocenters. The van der Waals surface area contributed by atoms with Crippen LogP contribution < -0.4 is 5.32 Å². The second kappa shape index (κ2) is 3.84. The minimum Gasteiger partial charge on any atom is -0.334 e. The van der Waals surface area contributed by atoms with E-state index in [1.54, 1.807) is 0 Å². The molecule has 1 aromatic heterocycles. The SMILES string of the molecule is Cc1n[nH]c(C)c1C(=O)N1CC[C@@H]2CNC[C@@H]21. The summed E-state index contributed by atoms with van der Waals surface area (Å²) in [6.45, 7) is 6.68. The van der Waals surface area contributed by atoms with Crippen LogP contribution in [0.2, 0.25) is 0 Å². The lowest BCUT2D eigenvalue weighted by Gasteiger charge is -2.23. The monoisotopic (exact) mass is 234 g/mol. The average Bonchev–Trinajstić information content (AvgIpc) is 2.93. The molecular weight excluding hydrogens is 216 g/mol. The van der Waals surface area contributed by atoms with Gasteiger partial charge >= 0.3 is 0 Å². The topological polar surface area (TPSA) is 61.0 Å². The van der Waals surface area contributed by atoms with E-state index in [0.717, 1.165) is 43.0 Å². The molecule has 0 bridgehead atoms. The number of carbonyl (C=O) groups is 1. The van der Waals surface area contributed by atoms with Crippen molar-refractivity contribution in [2.45, 2.75) is 26.3 Å². The van der Waals surface area contributed by atoms with Crippen LogP contribution in [0.1, 0.15) is 28.2 Å².